The topological polar surface area (TPSA) is 148 Å². The Bertz CT molecular complexity index is 356. The molecule has 0 spiro atoms. The Labute approximate surface area is 135 Å². The van der Waals surface area contributed by atoms with E-state index in [1.54, 1.807) is 0 Å². The van der Waals surface area contributed by atoms with Crippen LogP contribution in [0.4, 0.5) is 0 Å². The summed E-state index contributed by atoms with van der Waals surface area (Å²) < 4.78 is 0. The van der Waals surface area contributed by atoms with Gasteiger partial charge < -0.3 is 24.9 Å². The molecule has 0 aliphatic carbocycles. The average molecular weight is 337 g/mol. The molecule has 0 bridgehead atoms. The Morgan fingerprint density at radius 3 is 1.83 bits per heavy atom. The molecular weight excluding hydrogens is 328 g/mol. The van der Waals surface area contributed by atoms with Crippen LogP contribution in [0, 0.1) is 0 Å². The molecule has 1 rings (SSSR count). The van der Waals surface area contributed by atoms with Crippen molar-refractivity contribution in [1.29, 1.82) is 0 Å². The maximum absolute atomic E-state index is 10.4. The fraction of sp³-hybridized carbons (Fsp3) is 0. The quantitative estimate of drug-likeness (QED) is 0.342. The maximum atomic E-state index is 10.4. The van der Waals surface area contributed by atoms with Gasteiger partial charge >= 0.3 is 50.1 Å². The van der Waals surface area contributed by atoms with Gasteiger partial charge in [-0.1, -0.05) is 0 Å². The molecule has 5 N–H and O–H groups in total. The Morgan fingerprint density at radius 1 is 1.11 bits per heavy atom. The van der Waals surface area contributed by atoms with Gasteiger partial charge in [-0.05, 0) is 12.1 Å². The van der Waals surface area contributed by atoms with E-state index in [0.29, 0.717) is 0 Å². The number of aromatic nitrogens is 1. The summed E-state index contributed by atoms with van der Waals surface area (Å²) in [4.78, 5) is 45.9. The van der Waals surface area contributed by atoms with Crippen LogP contribution in [-0.4, -0.2) is 71.4 Å². The minimum absolute atomic E-state index is 0. The molecule has 0 aromatic carbocycles. The summed E-state index contributed by atoms with van der Waals surface area (Å²) in [6.45, 7) is 0. The van der Waals surface area contributed by atoms with E-state index in [9.17, 15) is 9.59 Å². The fourth-order valence-electron chi connectivity index (χ4n) is 0.748. The van der Waals surface area contributed by atoms with Gasteiger partial charge in [0.1, 0.15) is 0 Å². The van der Waals surface area contributed by atoms with Crippen molar-refractivity contribution < 1.29 is 51.6 Å². The second-order valence-corrected chi connectivity index (χ2v) is 2.81. The molecule has 0 aliphatic rings. The number of rotatable bonds is 2. The van der Waals surface area contributed by atoms with Gasteiger partial charge in [-0.15, -0.1) is 0 Å². The van der Waals surface area contributed by atoms with Gasteiger partial charge in [0.25, 0.3) is 0 Å². The van der Waals surface area contributed by atoms with Gasteiger partial charge in [-0.25, -0.2) is 14.6 Å². The van der Waals surface area contributed by atoms with Crippen molar-refractivity contribution in [2.75, 3.05) is 0 Å². The molecule has 0 amide bonds. The number of nitrogens with zero attached hydrogens (tertiary/aromatic N) is 1. The van der Waals surface area contributed by atoms with Gasteiger partial charge in [-0.3, -0.25) is 0 Å². The monoisotopic (exact) mass is 336 g/mol. The van der Waals surface area contributed by atoms with E-state index in [-0.39, 0.29) is 52.2 Å². The van der Waals surface area contributed by atoms with E-state index in [1.165, 1.54) is 18.3 Å². The van der Waals surface area contributed by atoms with Crippen molar-refractivity contribution in [2.24, 2.45) is 0 Å². The molecule has 0 aliphatic heterocycles. The summed E-state index contributed by atoms with van der Waals surface area (Å²) in [5, 5.41) is 17.0. The molecule has 1 radical (unpaired) electrons. The third-order valence-corrected chi connectivity index (χ3v) is 1.24. The van der Waals surface area contributed by atoms with Crippen LogP contribution in [0.25, 0.3) is 0 Å². The summed E-state index contributed by atoms with van der Waals surface area (Å²) >= 11 is 0. The number of hydrogen-bond acceptors (Lipinski definition) is 6. The molecule has 0 atom stereocenters. The summed E-state index contributed by atoms with van der Waals surface area (Å²) in [6, 6.07) is 2.56. The molecule has 0 saturated heterocycles. The van der Waals surface area contributed by atoms with Crippen LogP contribution < -0.4 is 0 Å². The van der Waals surface area contributed by atoms with Crippen LogP contribution in [0.5, 0.6) is 0 Å². The van der Waals surface area contributed by atoms with Gasteiger partial charge in [-0.2, -0.15) is 0 Å². The zero-order chi connectivity index (χ0) is 12.7. The van der Waals surface area contributed by atoms with Crippen molar-refractivity contribution >= 4 is 50.1 Å². The van der Waals surface area contributed by atoms with Gasteiger partial charge in [0.2, 0.25) is 0 Å². The number of carboxylic acid groups (broad SMARTS) is 2. The molecule has 101 valence electrons. The third kappa shape index (κ3) is 9.90. The predicted molar refractivity (Wildman–Crippen MR) is 58.9 cm³/mol. The Morgan fingerprint density at radius 2 is 1.56 bits per heavy atom. The average Bonchev–Trinajstić information content (AvgIpc) is 2.16. The molecule has 8 nitrogen and oxygen atoms in total. The van der Waals surface area contributed by atoms with Crippen LogP contribution in [0.1, 0.15) is 20.8 Å². The summed E-state index contributed by atoms with van der Waals surface area (Å²) in [5.41, 5.74) is -0.741. The number of carbonyl (C=O) groups is 2. The summed E-state index contributed by atoms with van der Waals surface area (Å²) in [5.74, 6) is -2.63. The molecule has 0 unspecified atom stereocenters. The molecule has 0 saturated carbocycles. The summed E-state index contributed by atoms with van der Waals surface area (Å²) in [6.07, 6.45) is 1.23. The van der Waals surface area contributed by atoms with Crippen molar-refractivity contribution in [3.05, 3.63) is 29.6 Å². The van der Waals surface area contributed by atoms with E-state index in [0.717, 1.165) is 0 Å². The number of hydrogen-bond donors (Lipinski definition) is 5. The van der Waals surface area contributed by atoms with Crippen molar-refractivity contribution in [1.82, 2.24) is 4.98 Å². The first-order chi connectivity index (χ1) is 7.36. The van der Waals surface area contributed by atoms with Crippen molar-refractivity contribution in [2.45, 2.75) is 0 Å². The molecule has 1 aromatic rings. The normalized spacial score (nSPS) is 8.22. The Kier molecular flexibility index (Phi) is 15.3. The van der Waals surface area contributed by atoms with E-state index >= 15 is 0 Å². The second-order valence-electron chi connectivity index (χ2n) is 2.28. The molecular formula is C7H9CuNNaO7P. The Balaban J connectivity index is -0.000000332. The van der Waals surface area contributed by atoms with E-state index < -0.39 is 26.2 Å². The van der Waals surface area contributed by atoms with Gasteiger partial charge in [0, 0.05) is 23.3 Å². The number of carboxylic acids is 2. The minimum atomic E-state index is -2.62. The zero-order valence-electron chi connectivity index (χ0n) is 7.98. The van der Waals surface area contributed by atoms with Crippen LogP contribution in [0.3, 0.4) is 0 Å². The zero-order valence-corrected chi connectivity index (χ0v) is 9.82. The first-order valence-electron chi connectivity index (χ1n) is 3.64. The van der Waals surface area contributed by atoms with Crippen LogP contribution in [-0.2, 0) is 17.1 Å². The first-order valence-corrected chi connectivity index (χ1v) is 4.84. The fourth-order valence-corrected chi connectivity index (χ4v) is 0.748. The van der Waals surface area contributed by atoms with E-state index in [1.807, 2.05) is 0 Å². The van der Waals surface area contributed by atoms with Crippen molar-refractivity contribution in [3.8, 4) is 0 Å². The SMILES string of the molecule is O=C(O)c1cccnc1C(=O)O.OP(O)O.[Cu].[NaH]. The molecule has 18 heavy (non-hydrogen) atoms. The second kappa shape index (κ2) is 12.0. The number of pyridine rings is 1. The van der Waals surface area contributed by atoms with E-state index in [2.05, 4.69) is 4.98 Å². The molecule has 0 fully saturated rings. The Hall–Kier alpha value is -0.0805. The van der Waals surface area contributed by atoms with E-state index in [4.69, 9.17) is 24.9 Å². The first kappa shape index (κ1) is 23.0. The molecule has 11 heteroatoms. The molecule has 1 aromatic heterocycles. The van der Waals surface area contributed by atoms with Crippen LogP contribution in [0.2, 0.25) is 0 Å². The van der Waals surface area contributed by atoms with Crippen LogP contribution in [0.15, 0.2) is 18.3 Å². The molecule has 1 heterocycles. The third-order valence-electron chi connectivity index (χ3n) is 1.24. The number of aromatic carboxylic acids is 2. The van der Waals surface area contributed by atoms with Crippen molar-refractivity contribution in [3.63, 3.8) is 0 Å². The van der Waals surface area contributed by atoms with Crippen LogP contribution >= 0.6 is 8.60 Å². The standard InChI is InChI=1S/C7H5NO4.Cu.Na.H3O3P.H/c9-6(10)4-2-1-3-8-5(4)7(11)12;;;1-4(2)3;/h1-3H,(H,9,10)(H,11,12);;;1-3H;. The summed E-state index contributed by atoms with van der Waals surface area (Å²) in [7, 11) is -2.62. The van der Waals surface area contributed by atoms with Gasteiger partial charge in [0.05, 0.1) is 5.56 Å². The van der Waals surface area contributed by atoms with Gasteiger partial charge in [0.15, 0.2) is 5.69 Å². The predicted octanol–water partition coefficient (Wildman–Crippen LogP) is -0.983.